The molecule has 348 valence electrons. The van der Waals surface area contributed by atoms with Gasteiger partial charge in [-0.3, -0.25) is 29.2 Å². The van der Waals surface area contributed by atoms with Crippen LogP contribution in [0.5, 0.6) is 0 Å². The Labute approximate surface area is 385 Å². The summed E-state index contributed by atoms with van der Waals surface area (Å²) in [6.07, 6.45) is 5.07. The molecule has 65 heavy (non-hydrogen) atoms. The van der Waals surface area contributed by atoms with Gasteiger partial charge in [0, 0.05) is 85.8 Å². The van der Waals surface area contributed by atoms with Gasteiger partial charge in [0.05, 0.1) is 40.8 Å². The van der Waals surface area contributed by atoms with Gasteiger partial charge in [0.2, 0.25) is 11.8 Å². The maximum Gasteiger partial charge on any atom is 0.324 e. The summed E-state index contributed by atoms with van der Waals surface area (Å²) in [5, 5.41) is 10.8. The highest BCUT2D eigenvalue weighted by atomic mass is 32.1. The third kappa shape index (κ3) is 9.97. The number of methoxy groups -OCH3 is 1. The van der Waals surface area contributed by atoms with Gasteiger partial charge < -0.3 is 34.5 Å². The second-order valence-corrected chi connectivity index (χ2v) is 19.4. The van der Waals surface area contributed by atoms with Crippen LogP contribution in [0, 0.1) is 11.3 Å². The number of carbonyl (C=O) groups is 5. The summed E-state index contributed by atoms with van der Waals surface area (Å²) >= 11 is 1.40. The van der Waals surface area contributed by atoms with Crippen molar-refractivity contribution in [3.8, 4) is 22.5 Å². The number of aryl methyl sites for hydroxylation is 1. The zero-order valence-electron chi connectivity index (χ0n) is 38.8. The number of hydrogen-bond acceptors (Lipinski definition) is 11. The molecule has 0 aliphatic carbocycles. The zero-order chi connectivity index (χ0) is 46.7. The van der Waals surface area contributed by atoms with E-state index in [9.17, 15) is 24.0 Å². The third-order valence-electron chi connectivity index (χ3n) is 12.9. The fourth-order valence-corrected chi connectivity index (χ4v) is 10.1. The van der Waals surface area contributed by atoms with Crippen molar-refractivity contribution in [2.45, 2.75) is 110 Å². The number of carbonyl (C=O) groups excluding carboxylic acids is 5. The molecule has 3 aliphatic heterocycles. The van der Waals surface area contributed by atoms with Gasteiger partial charge in [-0.2, -0.15) is 0 Å². The molecule has 1 aromatic carbocycles. The van der Waals surface area contributed by atoms with E-state index < -0.39 is 41.3 Å². The predicted molar refractivity (Wildman–Crippen MR) is 249 cm³/mol. The van der Waals surface area contributed by atoms with E-state index in [1.165, 1.54) is 27.3 Å². The Hall–Kier alpha value is -5.65. The fraction of sp³-hybridized carbons (Fsp3) is 0.521. The summed E-state index contributed by atoms with van der Waals surface area (Å²) in [5.74, 6) is -2.03. The molecule has 5 amide bonds. The molecule has 4 aromatic rings. The summed E-state index contributed by atoms with van der Waals surface area (Å²) in [5.41, 5.74) is 9.24. The number of amides is 5. The van der Waals surface area contributed by atoms with Gasteiger partial charge in [0.25, 0.3) is 5.91 Å². The lowest BCUT2D eigenvalue weighted by Gasteiger charge is -2.44. The average molecular weight is 910 g/mol. The standard InChI is InChI=1S/C48H63N9O7S/c1-10-39(58)50-25-31-18-21-56(31)47(62)54(8)42(28(3)4)44(59)52-36-23-40-51-37(26-65-40)30-16-17-38-33(22-30)34(43(55(38)11-2)32-14-12-19-49-41(32)29(5)63-9)24-48(6,7)27-64-46(61)35-15-13-20-57(53-35)45(36)60/h10,12,14,16-17,19,22,26,28-29,31,35-36,42,53H,1,11,13,15,18,20-21,23-25,27H2,2-9H3,(H,50,58)(H,52,59)/t29-,31+,35-,36-,42?/m0/s1. The monoisotopic (exact) mass is 909 g/mol. The maximum atomic E-state index is 14.6. The van der Waals surface area contributed by atoms with E-state index in [0.29, 0.717) is 50.3 Å². The number of rotatable bonds is 11. The van der Waals surface area contributed by atoms with Crippen LogP contribution >= 0.6 is 11.3 Å². The highest BCUT2D eigenvalue weighted by Gasteiger charge is 2.41. The molecule has 3 aliphatic rings. The van der Waals surface area contributed by atoms with E-state index in [0.717, 1.165) is 44.7 Å². The van der Waals surface area contributed by atoms with Crippen LogP contribution in [0.3, 0.4) is 0 Å². The quantitative estimate of drug-likeness (QED) is 0.126. The normalized spacial score (nSPS) is 20.9. The average Bonchev–Trinajstić information content (AvgIpc) is 3.88. The van der Waals surface area contributed by atoms with Crippen molar-refractivity contribution in [2.75, 3.05) is 40.4 Å². The molecule has 5 atom stereocenters. The summed E-state index contributed by atoms with van der Waals surface area (Å²) in [6, 6.07) is 7.02. The highest BCUT2D eigenvalue weighted by molar-refractivity contribution is 7.10. The number of fused-ring (bicyclic) bond motifs is 6. The number of nitrogens with zero attached hydrogens (tertiary/aromatic N) is 6. The molecular formula is C48H63N9O7S. The SMILES string of the molecule is C=CC(=O)NC[C@H]1CCN1C(=O)N(C)C(C(=O)N[C@H]1Cc2nc(cs2)-c2ccc3c(c2)c(c(-c2cccnc2[C@H](C)OC)n3CC)CC(C)(C)COC(=O)[C@@H]2CCCN(N2)C1=O)C(C)C. The van der Waals surface area contributed by atoms with Gasteiger partial charge in [-0.25, -0.2) is 15.2 Å². The molecule has 0 radical (unpaired) electrons. The molecule has 2 saturated heterocycles. The van der Waals surface area contributed by atoms with Crippen molar-refractivity contribution in [2.24, 2.45) is 11.3 Å². The fourth-order valence-electron chi connectivity index (χ4n) is 9.26. The predicted octanol–water partition coefficient (Wildman–Crippen LogP) is 5.66. The number of aromatic nitrogens is 3. The van der Waals surface area contributed by atoms with Crippen molar-refractivity contribution in [1.29, 1.82) is 0 Å². The summed E-state index contributed by atoms with van der Waals surface area (Å²) in [7, 11) is 3.27. The van der Waals surface area contributed by atoms with Crippen LogP contribution in [-0.4, -0.2) is 124 Å². The summed E-state index contributed by atoms with van der Waals surface area (Å²) in [6.45, 7) is 17.4. The van der Waals surface area contributed by atoms with Crippen LogP contribution in [-0.2, 0) is 48.0 Å². The van der Waals surface area contributed by atoms with E-state index >= 15 is 0 Å². The highest BCUT2D eigenvalue weighted by Crippen LogP contribution is 2.42. The number of thiazole rings is 1. The molecule has 0 spiro atoms. The number of nitrogens with one attached hydrogen (secondary N) is 3. The lowest BCUT2D eigenvalue weighted by atomic mass is 9.84. The molecule has 2 fully saturated rings. The summed E-state index contributed by atoms with van der Waals surface area (Å²) in [4.78, 5) is 81.5. The molecule has 16 nitrogen and oxygen atoms in total. The van der Waals surface area contributed by atoms with Crippen molar-refractivity contribution in [3.05, 3.63) is 70.8 Å². The van der Waals surface area contributed by atoms with Crippen LogP contribution in [0.15, 0.2) is 54.6 Å². The lowest BCUT2D eigenvalue weighted by Crippen LogP contribution is -2.64. The lowest BCUT2D eigenvalue weighted by molar-refractivity contribution is -0.155. The van der Waals surface area contributed by atoms with E-state index in [-0.39, 0.29) is 49.6 Å². The molecule has 6 heterocycles. The number of cyclic esters (lactones) is 1. The summed E-state index contributed by atoms with van der Waals surface area (Å²) < 4.78 is 14.2. The van der Waals surface area contributed by atoms with E-state index in [4.69, 9.17) is 19.4 Å². The van der Waals surface area contributed by atoms with Crippen LogP contribution in [0.25, 0.3) is 33.4 Å². The number of likely N-dealkylation sites (tertiary alicyclic amines) is 1. The Morgan fingerprint density at radius 1 is 1.15 bits per heavy atom. The van der Waals surface area contributed by atoms with Crippen LogP contribution in [0.1, 0.15) is 83.2 Å². The number of hydrazine groups is 1. The Morgan fingerprint density at radius 3 is 2.63 bits per heavy atom. The van der Waals surface area contributed by atoms with Crippen molar-refractivity contribution >= 4 is 52.0 Å². The van der Waals surface area contributed by atoms with Gasteiger partial charge >= 0.3 is 12.0 Å². The minimum absolute atomic E-state index is 0.0712. The van der Waals surface area contributed by atoms with Crippen molar-refractivity contribution < 1.29 is 33.4 Å². The maximum absolute atomic E-state index is 14.6. The van der Waals surface area contributed by atoms with E-state index in [1.54, 1.807) is 25.3 Å². The number of benzene rings is 1. The van der Waals surface area contributed by atoms with Gasteiger partial charge in [-0.05, 0) is 81.4 Å². The topological polar surface area (TPSA) is 180 Å². The van der Waals surface area contributed by atoms with Gasteiger partial charge in [0.15, 0.2) is 0 Å². The van der Waals surface area contributed by atoms with Gasteiger partial charge in [-0.15, -0.1) is 11.3 Å². The van der Waals surface area contributed by atoms with Crippen LogP contribution in [0.2, 0.25) is 0 Å². The minimum atomic E-state index is -1.09. The first-order valence-electron chi connectivity index (χ1n) is 22.6. The largest absolute Gasteiger partial charge is 0.464 e. The molecule has 7 rings (SSSR count). The first-order valence-corrected chi connectivity index (χ1v) is 23.5. The zero-order valence-corrected chi connectivity index (χ0v) is 39.6. The van der Waals surface area contributed by atoms with Crippen molar-refractivity contribution in [3.63, 3.8) is 0 Å². The number of pyridine rings is 1. The number of urea groups is 1. The molecule has 17 heteroatoms. The van der Waals surface area contributed by atoms with Crippen LogP contribution in [0.4, 0.5) is 4.79 Å². The second kappa shape index (κ2) is 19.8. The first kappa shape index (κ1) is 47.3. The number of hydrogen-bond donors (Lipinski definition) is 3. The molecule has 0 saturated carbocycles. The number of esters is 1. The molecule has 1 unspecified atom stereocenters. The minimum Gasteiger partial charge on any atom is -0.464 e. The van der Waals surface area contributed by atoms with Gasteiger partial charge in [-0.1, -0.05) is 40.3 Å². The number of ether oxygens (including phenoxy) is 2. The molecule has 3 N–H and O–H groups in total. The smallest absolute Gasteiger partial charge is 0.324 e. The van der Waals surface area contributed by atoms with Crippen LogP contribution < -0.4 is 16.1 Å². The molecular weight excluding hydrogens is 847 g/mol. The first-order chi connectivity index (χ1) is 31.0. The molecule has 3 aromatic heterocycles. The Balaban J connectivity index is 1.25. The Bertz CT molecular complexity index is 2450. The number of likely N-dealkylation sites (N-methyl/N-ethyl adjacent to an activating group) is 1. The Morgan fingerprint density at radius 2 is 1.94 bits per heavy atom. The second-order valence-electron chi connectivity index (χ2n) is 18.4. The third-order valence-corrected chi connectivity index (χ3v) is 13.7. The van der Waals surface area contributed by atoms with Crippen molar-refractivity contribution in [1.82, 2.24) is 45.4 Å². The van der Waals surface area contributed by atoms with E-state index in [2.05, 4.69) is 72.2 Å². The van der Waals surface area contributed by atoms with E-state index in [1.807, 2.05) is 32.2 Å². The van der Waals surface area contributed by atoms with Gasteiger partial charge in [0.1, 0.15) is 18.1 Å². The molecule has 6 bridgehead atoms. The Kier molecular flexibility index (Phi) is 14.4.